The third-order valence-corrected chi connectivity index (χ3v) is 10.0. The molecule has 0 spiro atoms. The molecule has 0 amide bonds. The van der Waals surface area contributed by atoms with Crippen LogP contribution in [0.4, 0.5) is 4.39 Å². The van der Waals surface area contributed by atoms with E-state index in [1.165, 1.54) is 31.3 Å². The van der Waals surface area contributed by atoms with E-state index in [4.69, 9.17) is 4.98 Å². The van der Waals surface area contributed by atoms with Crippen molar-refractivity contribution in [2.45, 2.75) is 0 Å². The molecule has 222 valence electrons. The van der Waals surface area contributed by atoms with Gasteiger partial charge >= 0.3 is 0 Å². The van der Waals surface area contributed by atoms with Crippen LogP contribution in [0, 0.1) is 5.82 Å². The van der Waals surface area contributed by atoms with Crippen molar-refractivity contribution in [1.82, 2.24) is 9.55 Å². The molecule has 0 unspecified atom stereocenters. The molecule has 47 heavy (non-hydrogen) atoms. The van der Waals surface area contributed by atoms with Crippen LogP contribution in [0.1, 0.15) is 0 Å². The SMILES string of the molecule is Fc1cc(-c2ccccc2)c(-n2c(-c3ccc4sc5ccc(-c6ccccc6)cc5c4c3)nc3ccccc32)c(-c2ccccc2)c1. The Kier molecular flexibility index (Phi) is 6.54. The van der Waals surface area contributed by atoms with Gasteiger partial charge in [-0.2, -0.15) is 0 Å². The number of benzene rings is 7. The summed E-state index contributed by atoms with van der Waals surface area (Å²) in [7, 11) is 0. The van der Waals surface area contributed by atoms with Gasteiger partial charge in [0.2, 0.25) is 0 Å². The third-order valence-electron chi connectivity index (χ3n) is 8.86. The second-order valence-electron chi connectivity index (χ2n) is 11.7. The van der Waals surface area contributed by atoms with Gasteiger partial charge in [0, 0.05) is 36.9 Å². The van der Waals surface area contributed by atoms with E-state index in [1.54, 1.807) is 12.1 Å². The molecule has 0 saturated heterocycles. The molecule has 0 aliphatic rings. The summed E-state index contributed by atoms with van der Waals surface area (Å²) in [5.74, 6) is 0.533. The lowest BCUT2D eigenvalue weighted by molar-refractivity contribution is 0.628. The Morgan fingerprint density at radius 1 is 0.468 bits per heavy atom. The Labute approximate surface area is 275 Å². The van der Waals surface area contributed by atoms with Gasteiger partial charge in [-0.3, -0.25) is 4.57 Å². The van der Waals surface area contributed by atoms with E-state index in [0.717, 1.165) is 50.4 Å². The summed E-state index contributed by atoms with van der Waals surface area (Å²) in [6, 6.07) is 55.6. The van der Waals surface area contributed by atoms with E-state index < -0.39 is 0 Å². The number of imidazole rings is 1. The van der Waals surface area contributed by atoms with Crippen molar-refractivity contribution in [2.24, 2.45) is 0 Å². The highest BCUT2D eigenvalue weighted by molar-refractivity contribution is 7.25. The zero-order valence-corrected chi connectivity index (χ0v) is 26.1. The molecule has 0 saturated carbocycles. The predicted molar refractivity (Wildman–Crippen MR) is 196 cm³/mol. The first-order valence-corrected chi connectivity index (χ1v) is 16.5. The highest BCUT2D eigenvalue weighted by atomic mass is 32.1. The molecule has 2 aromatic heterocycles. The number of fused-ring (bicyclic) bond motifs is 4. The number of halogens is 1. The minimum atomic E-state index is -0.280. The molecule has 2 heterocycles. The van der Waals surface area contributed by atoms with Crippen LogP contribution in [0.3, 0.4) is 0 Å². The van der Waals surface area contributed by atoms with E-state index in [9.17, 15) is 0 Å². The van der Waals surface area contributed by atoms with Crippen molar-refractivity contribution in [3.8, 4) is 50.5 Å². The fraction of sp³-hybridized carbons (Fsp3) is 0. The molecule has 0 aliphatic carbocycles. The van der Waals surface area contributed by atoms with Gasteiger partial charge in [0.25, 0.3) is 0 Å². The van der Waals surface area contributed by atoms with Gasteiger partial charge in [-0.25, -0.2) is 9.37 Å². The van der Waals surface area contributed by atoms with Gasteiger partial charge in [-0.1, -0.05) is 109 Å². The quantitative estimate of drug-likeness (QED) is 0.187. The average molecular weight is 623 g/mol. The van der Waals surface area contributed by atoms with Crippen LogP contribution in [0.15, 0.2) is 164 Å². The Hall–Kier alpha value is -5.84. The molecule has 2 nitrogen and oxygen atoms in total. The van der Waals surface area contributed by atoms with E-state index in [1.807, 2.05) is 96.3 Å². The summed E-state index contributed by atoms with van der Waals surface area (Å²) in [6.45, 7) is 0. The summed E-state index contributed by atoms with van der Waals surface area (Å²) in [4.78, 5) is 5.26. The monoisotopic (exact) mass is 622 g/mol. The van der Waals surface area contributed by atoms with Crippen LogP contribution in [0.25, 0.3) is 81.7 Å². The van der Waals surface area contributed by atoms with Crippen LogP contribution >= 0.6 is 11.3 Å². The van der Waals surface area contributed by atoms with Crippen molar-refractivity contribution in [2.75, 3.05) is 0 Å². The van der Waals surface area contributed by atoms with Gasteiger partial charge in [0.15, 0.2) is 0 Å². The first-order valence-electron chi connectivity index (χ1n) is 15.7. The van der Waals surface area contributed by atoms with Crippen LogP contribution in [0.2, 0.25) is 0 Å². The van der Waals surface area contributed by atoms with Gasteiger partial charge in [0.05, 0.1) is 16.7 Å². The molecule has 9 aromatic rings. The number of nitrogens with zero attached hydrogens (tertiary/aromatic N) is 2. The van der Waals surface area contributed by atoms with Crippen LogP contribution in [-0.4, -0.2) is 9.55 Å². The van der Waals surface area contributed by atoms with E-state index in [-0.39, 0.29) is 5.82 Å². The molecule has 0 fully saturated rings. The van der Waals surface area contributed by atoms with Crippen LogP contribution in [0.5, 0.6) is 0 Å². The number of hydrogen-bond acceptors (Lipinski definition) is 2. The molecule has 0 N–H and O–H groups in total. The van der Waals surface area contributed by atoms with Crippen molar-refractivity contribution >= 4 is 42.5 Å². The van der Waals surface area contributed by atoms with Crippen molar-refractivity contribution < 1.29 is 4.39 Å². The fourth-order valence-electron chi connectivity index (χ4n) is 6.69. The number of hydrogen-bond donors (Lipinski definition) is 0. The van der Waals surface area contributed by atoms with E-state index >= 15 is 4.39 Å². The topological polar surface area (TPSA) is 17.8 Å². The molecule has 0 bridgehead atoms. The second-order valence-corrected chi connectivity index (χ2v) is 12.8. The lowest BCUT2D eigenvalue weighted by atomic mass is 9.95. The number of para-hydroxylation sites is 2. The zero-order chi connectivity index (χ0) is 31.3. The minimum absolute atomic E-state index is 0.280. The van der Waals surface area contributed by atoms with E-state index in [2.05, 4.69) is 71.3 Å². The lowest BCUT2D eigenvalue weighted by Gasteiger charge is -2.20. The lowest BCUT2D eigenvalue weighted by Crippen LogP contribution is -2.04. The number of rotatable bonds is 5. The standard InChI is InChI=1S/C43H27FN2S/c44-33-26-34(29-14-6-2-7-15-29)42(35(27-33)30-16-8-3-9-17-30)46-39-19-11-10-18-38(39)45-43(46)32-21-23-41-37(25-32)36-24-31(20-22-40(36)47-41)28-12-4-1-5-13-28/h1-27H. The van der Waals surface area contributed by atoms with Crippen LogP contribution in [-0.2, 0) is 0 Å². The Morgan fingerprint density at radius 2 is 0.979 bits per heavy atom. The first kappa shape index (κ1) is 27.5. The fourth-order valence-corrected chi connectivity index (χ4v) is 7.76. The summed E-state index contributed by atoms with van der Waals surface area (Å²) in [5.41, 5.74) is 9.64. The number of thiophene rings is 1. The van der Waals surface area contributed by atoms with Crippen molar-refractivity contribution in [1.29, 1.82) is 0 Å². The van der Waals surface area contributed by atoms with Gasteiger partial charge < -0.3 is 0 Å². The second kappa shape index (κ2) is 11.2. The van der Waals surface area contributed by atoms with Crippen molar-refractivity contribution in [3.05, 3.63) is 170 Å². The van der Waals surface area contributed by atoms with Crippen molar-refractivity contribution in [3.63, 3.8) is 0 Å². The first-order chi connectivity index (χ1) is 23.2. The zero-order valence-electron chi connectivity index (χ0n) is 25.3. The summed E-state index contributed by atoms with van der Waals surface area (Å²) in [6.07, 6.45) is 0. The summed E-state index contributed by atoms with van der Waals surface area (Å²) >= 11 is 1.81. The van der Waals surface area contributed by atoms with Gasteiger partial charge in [0.1, 0.15) is 11.6 Å². The largest absolute Gasteiger partial charge is 0.291 e. The molecular formula is C43H27FN2S. The van der Waals surface area contributed by atoms with Gasteiger partial charge in [-0.05, 0) is 76.9 Å². The predicted octanol–water partition coefficient (Wildman–Crippen LogP) is 12.2. The molecule has 9 rings (SSSR count). The van der Waals surface area contributed by atoms with E-state index in [0.29, 0.717) is 0 Å². The minimum Gasteiger partial charge on any atom is -0.291 e. The maximum atomic E-state index is 15.6. The molecule has 7 aromatic carbocycles. The number of aromatic nitrogens is 2. The molecule has 0 radical (unpaired) electrons. The molecular weight excluding hydrogens is 596 g/mol. The average Bonchev–Trinajstić information content (AvgIpc) is 3.70. The Bertz CT molecular complexity index is 2510. The molecule has 0 aliphatic heterocycles. The molecule has 4 heteroatoms. The maximum absolute atomic E-state index is 15.6. The smallest absolute Gasteiger partial charge is 0.145 e. The highest BCUT2D eigenvalue weighted by Gasteiger charge is 2.23. The van der Waals surface area contributed by atoms with Gasteiger partial charge in [-0.15, -0.1) is 11.3 Å². The molecule has 0 atom stereocenters. The highest BCUT2D eigenvalue weighted by Crippen LogP contribution is 2.43. The Morgan fingerprint density at radius 3 is 1.60 bits per heavy atom. The Balaban J connectivity index is 1.34. The maximum Gasteiger partial charge on any atom is 0.145 e. The van der Waals surface area contributed by atoms with Crippen LogP contribution < -0.4 is 0 Å². The normalized spacial score (nSPS) is 11.5. The third kappa shape index (κ3) is 4.73. The summed E-state index contributed by atoms with van der Waals surface area (Å²) in [5, 5.41) is 2.43. The summed E-state index contributed by atoms with van der Waals surface area (Å²) < 4.78 is 20.3.